The monoisotopic (exact) mass is 390 g/mol. The van der Waals surface area contributed by atoms with Crippen LogP contribution in [0.4, 0.5) is 0 Å². The van der Waals surface area contributed by atoms with E-state index in [0.29, 0.717) is 49.9 Å². The Balaban J connectivity index is 1.24. The minimum absolute atomic E-state index is 0.0486. The second-order valence-corrected chi connectivity index (χ2v) is 8.89. The molecule has 5 aliphatic rings. The van der Waals surface area contributed by atoms with E-state index in [-0.39, 0.29) is 12.3 Å². The van der Waals surface area contributed by atoms with Crippen molar-refractivity contribution < 1.29 is 19.1 Å². The molecule has 1 heterocycles. The van der Waals surface area contributed by atoms with Gasteiger partial charge in [0.1, 0.15) is 0 Å². The van der Waals surface area contributed by atoms with Crippen LogP contribution in [0.1, 0.15) is 45.4 Å². The molecule has 0 spiro atoms. The van der Waals surface area contributed by atoms with Gasteiger partial charge in [0.05, 0.1) is 19.6 Å². The van der Waals surface area contributed by atoms with Gasteiger partial charge in [-0.05, 0) is 62.7 Å². The zero-order chi connectivity index (χ0) is 19.7. The first-order chi connectivity index (χ1) is 13.5. The number of hydrogen-bond donors (Lipinski definition) is 2. The number of morpholine rings is 1. The summed E-state index contributed by atoms with van der Waals surface area (Å²) in [4.78, 5) is 37.9. The maximum absolute atomic E-state index is 12.5. The smallest absolute Gasteiger partial charge is 0.329 e. The van der Waals surface area contributed by atoms with E-state index in [9.17, 15) is 14.4 Å². The fraction of sp³-hybridized carbons (Fsp3) is 0.800. The van der Waals surface area contributed by atoms with Crippen LogP contribution >= 0.6 is 0 Å². The fourth-order valence-electron chi connectivity index (χ4n) is 5.77. The maximum Gasteiger partial charge on any atom is 0.329 e. The molecule has 0 aromatic carbocycles. The molecule has 1 saturated heterocycles. The second-order valence-electron chi connectivity index (χ2n) is 8.89. The molecule has 4 bridgehead atoms. The summed E-state index contributed by atoms with van der Waals surface area (Å²) < 4.78 is 5.17. The van der Waals surface area contributed by atoms with E-state index in [0.717, 1.165) is 11.8 Å². The first-order valence-electron chi connectivity index (χ1n) is 10.5. The molecular weight excluding hydrogens is 360 g/mol. The fourth-order valence-corrected chi connectivity index (χ4v) is 5.77. The Hall–Kier alpha value is -1.96. The van der Waals surface area contributed by atoms with Gasteiger partial charge in [0, 0.05) is 24.8 Å². The van der Waals surface area contributed by atoms with Crippen LogP contribution in [0.25, 0.3) is 0 Å². The van der Waals surface area contributed by atoms with Crippen molar-refractivity contribution >= 4 is 23.4 Å². The molecule has 8 nitrogen and oxygen atoms in total. The van der Waals surface area contributed by atoms with Crippen LogP contribution in [0.3, 0.4) is 0 Å². The van der Waals surface area contributed by atoms with Crippen molar-refractivity contribution in [1.82, 2.24) is 15.6 Å². The van der Waals surface area contributed by atoms with Gasteiger partial charge in [-0.15, -0.1) is 0 Å². The van der Waals surface area contributed by atoms with Crippen molar-refractivity contribution in [3.8, 4) is 0 Å². The van der Waals surface area contributed by atoms with E-state index in [1.165, 1.54) is 37.0 Å². The van der Waals surface area contributed by atoms with Gasteiger partial charge in [-0.25, -0.2) is 5.43 Å². The van der Waals surface area contributed by atoms with Crippen LogP contribution in [-0.2, 0) is 19.1 Å². The highest BCUT2D eigenvalue weighted by molar-refractivity contribution is 6.35. The molecule has 8 heteroatoms. The van der Waals surface area contributed by atoms with Crippen molar-refractivity contribution in [2.75, 3.05) is 26.3 Å². The van der Waals surface area contributed by atoms with E-state index in [1.807, 2.05) is 0 Å². The molecule has 1 aliphatic heterocycles. The van der Waals surface area contributed by atoms with Crippen LogP contribution in [-0.4, -0.2) is 60.7 Å². The number of carbonyl (C=O) groups excluding carboxylic acids is 3. The Morgan fingerprint density at radius 1 is 1.00 bits per heavy atom. The lowest BCUT2D eigenvalue weighted by atomic mass is 9.54. The Morgan fingerprint density at radius 3 is 2.21 bits per heavy atom. The number of carbonyl (C=O) groups is 3. The average Bonchev–Trinajstić information content (AvgIpc) is 2.68. The van der Waals surface area contributed by atoms with E-state index in [4.69, 9.17) is 4.74 Å². The lowest BCUT2D eigenvalue weighted by Gasteiger charge is -2.54. The van der Waals surface area contributed by atoms with Crippen molar-refractivity contribution in [2.24, 2.45) is 28.8 Å². The Bertz CT molecular complexity index is 643. The highest BCUT2D eigenvalue weighted by Crippen LogP contribution is 2.53. The van der Waals surface area contributed by atoms with Crippen molar-refractivity contribution in [2.45, 2.75) is 51.5 Å². The van der Waals surface area contributed by atoms with Crippen molar-refractivity contribution in [3.63, 3.8) is 0 Å². The average molecular weight is 390 g/mol. The SMILES string of the molecule is C/C(CC(=O)NC1C2CC3CC(C2)CC1C3)=N\NC(=O)C(=O)N1CCOCC1. The first kappa shape index (κ1) is 19.4. The van der Waals surface area contributed by atoms with Gasteiger partial charge in [-0.1, -0.05) is 0 Å². The Kier molecular flexibility index (Phi) is 5.66. The predicted octanol–water partition coefficient (Wildman–Crippen LogP) is 0.668. The van der Waals surface area contributed by atoms with Crippen LogP contribution in [0.2, 0.25) is 0 Å². The summed E-state index contributed by atoms with van der Waals surface area (Å²) in [7, 11) is 0. The lowest BCUT2D eigenvalue weighted by molar-refractivity contribution is -0.148. The number of nitrogens with zero attached hydrogens (tertiary/aromatic N) is 2. The third kappa shape index (κ3) is 4.21. The summed E-state index contributed by atoms with van der Waals surface area (Å²) in [6.07, 6.45) is 6.54. The van der Waals surface area contributed by atoms with Crippen molar-refractivity contribution in [1.29, 1.82) is 0 Å². The van der Waals surface area contributed by atoms with E-state index < -0.39 is 11.8 Å². The molecule has 4 saturated carbocycles. The van der Waals surface area contributed by atoms with Crippen molar-refractivity contribution in [3.05, 3.63) is 0 Å². The third-order valence-corrected chi connectivity index (χ3v) is 6.81. The molecule has 0 unspecified atom stereocenters. The standard InChI is InChI=1S/C20H30N4O4/c1-12(22-23-19(26)20(27)24-2-4-28-5-3-24)6-17(25)21-18-15-8-13-7-14(10-15)11-16(18)9-13/h13-16,18H,2-11H2,1H3,(H,21,25)(H,23,26)/b22-12+. The number of hydrogen-bond acceptors (Lipinski definition) is 5. The number of amides is 3. The van der Waals surface area contributed by atoms with Gasteiger partial charge in [-0.3, -0.25) is 14.4 Å². The highest BCUT2D eigenvalue weighted by atomic mass is 16.5. The van der Waals surface area contributed by atoms with Crippen LogP contribution in [0, 0.1) is 23.7 Å². The third-order valence-electron chi connectivity index (χ3n) is 6.81. The highest BCUT2D eigenvalue weighted by Gasteiger charge is 2.48. The van der Waals surface area contributed by atoms with Gasteiger partial charge in [0.2, 0.25) is 5.91 Å². The minimum atomic E-state index is -0.775. The zero-order valence-corrected chi connectivity index (χ0v) is 16.5. The molecule has 4 aliphatic carbocycles. The van der Waals surface area contributed by atoms with E-state index >= 15 is 0 Å². The Labute approximate surface area is 165 Å². The summed E-state index contributed by atoms with van der Waals surface area (Å²) in [6, 6.07) is 0.297. The molecule has 28 heavy (non-hydrogen) atoms. The normalized spacial score (nSPS) is 34.2. The molecule has 5 fully saturated rings. The summed E-state index contributed by atoms with van der Waals surface area (Å²) in [5, 5.41) is 7.18. The summed E-state index contributed by atoms with van der Waals surface area (Å²) >= 11 is 0. The van der Waals surface area contributed by atoms with Gasteiger partial charge in [-0.2, -0.15) is 5.10 Å². The summed E-state index contributed by atoms with van der Waals surface area (Å²) in [5.74, 6) is 1.57. The molecule has 154 valence electrons. The molecule has 2 N–H and O–H groups in total. The maximum atomic E-state index is 12.5. The molecule has 3 amide bonds. The summed E-state index contributed by atoms with van der Waals surface area (Å²) in [6.45, 7) is 3.37. The molecule has 0 radical (unpaired) electrons. The first-order valence-corrected chi connectivity index (χ1v) is 10.5. The van der Waals surface area contributed by atoms with Gasteiger partial charge >= 0.3 is 11.8 Å². The van der Waals surface area contributed by atoms with E-state index in [1.54, 1.807) is 6.92 Å². The zero-order valence-electron chi connectivity index (χ0n) is 16.5. The predicted molar refractivity (Wildman–Crippen MR) is 102 cm³/mol. The largest absolute Gasteiger partial charge is 0.378 e. The topological polar surface area (TPSA) is 100 Å². The van der Waals surface area contributed by atoms with Crippen LogP contribution < -0.4 is 10.7 Å². The molecule has 0 aromatic rings. The second kappa shape index (κ2) is 8.19. The number of rotatable bonds is 4. The minimum Gasteiger partial charge on any atom is -0.378 e. The van der Waals surface area contributed by atoms with Crippen LogP contribution in [0.5, 0.6) is 0 Å². The van der Waals surface area contributed by atoms with E-state index in [2.05, 4.69) is 15.8 Å². The van der Waals surface area contributed by atoms with Gasteiger partial charge in [0.25, 0.3) is 0 Å². The summed E-state index contributed by atoms with van der Waals surface area (Å²) in [5.41, 5.74) is 2.77. The molecule has 0 atom stereocenters. The molecule has 5 rings (SSSR count). The van der Waals surface area contributed by atoms with Gasteiger partial charge in [0.15, 0.2) is 0 Å². The number of nitrogens with one attached hydrogen (secondary N) is 2. The number of hydrazone groups is 1. The molecular formula is C20H30N4O4. The number of ether oxygens (including phenoxy) is 1. The van der Waals surface area contributed by atoms with Crippen LogP contribution in [0.15, 0.2) is 5.10 Å². The molecule has 0 aromatic heterocycles. The lowest BCUT2D eigenvalue weighted by Crippen LogP contribution is -2.56. The quantitative estimate of drug-likeness (QED) is 0.419. The Morgan fingerprint density at radius 2 is 1.61 bits per heavy atom. The van der Waals surface area contributed by atoms with Gasteiger partial charge < -0.3 is 15.0 Å².